The summed E-state index contributed by atoms with van der Waals surface area (Å²) in [5, 5.41) is 31.4. The molecule has 0 bridgehead atoms. The van der Waals surface area contributed by atoms with Crippen LogP contribution >= 0.6 is 0 Å². The first-order valence-corrected chi connectivity index (χ1v) is 21.7. The highest BCUT2D eigenvalue weighted by Gasteiger charge is 2.62. The van der Waals surface area contributed by atoms with E-state index in [4.69, 9.17) is 9.47 Å². The Hall–Kier alpha value is -5.22. The summed E-state index contributed by atoms with van der Waals surface area (Å²) in [5.41, 5.74) is -1.58. The molecule has 0 spiro atoms. The lowest BCUT2D eigenvalue weighted by atomic mass is 9.57. The van der Waals surface area contributed by atoms with Crippen LogP contribution in [0.25, 0.3) is 33.2 Å². The fourth-order valence-corrected chi connectivity index (χ4v) is 11.3. The number of halogens is 8. The van der Waals surface area contributed by atoms with E-state index in [1.54, 1.807) is 46.0 Å². The van der Waals surface area contributed by atoms with E-state index in [0.717, 1.165) is 32.9 Å². The van der Waals surface area contributed by atoms with E-state index in [2.05, 4.69) is 10.2 Å². The van der Waals surface area contributed by atoms with Crippen molar-refractivity contribution < 1.29 is 54.8 Å². The molecule has 6 aromatic rings. The molecule has 340 valence electrons. The molecule has 2 aliphatic heterocycles. The van der Waals surface area contributed by atoms with Crippen LogP contribution in [0, 0.1) is 23.5 Å². The van der Waals surface area contributed by atoms with Gasteiger partial charge in [-0.25, -0.2) is 18.1 Å². The SMILES string of the molecule is CC[C@@]12CC[C@](O)(C(F)(F)F)C[C@H]1CCOc1cc3c(cnn3-c3ccc(F)cc3)cc12.CC[C@]12CC[C@@](O)(C(F)(F)F)C[C@@H]1CCOc1cc3c(cnn3-c3ccc(F)cc3)cc12. The van der Waals surface area contributed by atoms with Gasteiger partial charge in [0.2, 0.25) is 0 Å². The Labute approximate surface area is 363 Å². The molecule has 16 heteroatoms. The Kier molecular flexibility index (Phi) is 10.8. The molecule has 0 saturated heterocycles. The van der Waals surface area contributed by atoms with Crippen molar-refractivity contribution in [1.82, 2.24) is 19.6 Å². The molecule has 10 rings (SSSR count). The van der Waals surface area contributed by atoms with Crippen LogP contribution in [0.4, 0.5) is 35.1 Å². The predicted molar refractivity (Wildman–Crippen MR) is 223 cm³/mol. The average Bonchev–Trinajstić information content (AvgIpc) is 3.79. The summed E-state index contributed by atoms with van der Waals surface area (Å²) in [6.07, 6.45) is -4.51. The number of benzene rings is 4. The molecule has 4 aromatic carbocycles. The number of hydrogen-bond donors (Lipinski definition) is 2. The third kappa shape index (κ3) is 7.19. The summed E-state index contributed by atoms with van der Waals surface area (Å²) in [4.78, 5) is 0. The molecule has 0 amide bonds. The second kappa shape index (κ2) is 15.7. The van der Waals surface area contributed by atoms with E-state index >= 15 is 0 Å². The first-order valence-electron chi connectivity index (χ1n) is 21.7. The zero-order valence-electron chi connectivity index (χ0n) is 35.2. The highest BCUT2D eigenvalue weighted by atomic mass is 19.4. The van der Waals surface area contributed by atoms with Crippen LogP contribution in [-0.4, -0.2) is 66.5 Å². The van der Waals surface area contributed by atoms with E-state index in [-0.39, 0.29) is 75.2 Å². The molecule has 0 unspecified atom stereocenters. The van der Waals surface area contributed by atoms with E-state index in [1.807, 2.05) is 38.1 Å². The number of fused-ring (bicyclic) bond motifs is 8. The Morgan fingerprint density at radius 1 is 0.594 bits per heavy atom. The second-order valence-corrected chi connectivity index (χ2v) is 18.0. The molecule has 0 radical (unpaired) electrons. The zero-order chi connectivity index (χ0) is 45.5. The topological polar surface area (TPSA) is 94.6 Å². The van der Waals surface area contributed by atoms with Gasteiger partial charge >= 0.3 is 12.4 Å². The quantitative estimate of drug-likeness (QED) is 0.171. The molecule has 4 aliphatic rings. The van der Waals surface area contributed by atoms with Gasteiger partial charge in [0.15, 0.2) is 11.2 Å². The fraction of sp³-hybridized carbons (Fsp3) is 0.458. The van der Waals surface area contributed by atoms with Crippen LogP contribution in [0.3, 0.4) is 0 Å². The first-order chi connectivity index (χ1) is 30.3. The molecule has 2 saturated carbocycles. The van der Waals surface area contributed by atoms with Gasteiger partial charge in [-0.3, -0.25) is 0 Å². The number of ether oxygens (including phenoxy) is 2. The van der Waals surface area contributed by atoms with Crippen LogP contribution in [0.1, 0.15) is 89.2 Å². The Bertz CT molecular complexity index is 2500. The Morgan fingerprint density at radius 3 is 1.31 bits per heavy atom. The van der Waals surface area contributed by atoms with Gasteiger partial charge in [0, 0.05) is 44.9 Å². The summed E-state index contributed by atoms with van der Waals surface area (Å²) in [5.74, 6) is -0.0901. The van der Waals surface area contributed by atoms with Crippen molar-refractivity contribution in [2.24, 2.45) is 11.8 Å². The second-order valence-electron chi connectivity index (χ2n) is 18.0. The van der Waals surface area contributed by atoms with Crippen molar-refractivity contribution in [3.05, 3.63) is 108 Å². The molecule has 2 fully saturated rings. The van der Waals surface area contributed by atoms with Gasteiger partial charge in [-0.05, 0) is 137 Å². The minimum Gasteiger partial charge on any atom is -0.493 e. The van der Waals surface area contributed by atoms with Gasteiger partial charge in [0.25, 0.3) is 0 Å². The van der Waals surface area contributed by atoms with Gasteiger partial charge in [-0.15, -0.1) is 0 Å². The summed E-state index contributed by atoms with van der Waals surface area (Å²) in [6.45, 7) is 4.55. The smallest absolute Gasteiger partial charge is 0.417 e. The van der Waals surface area contributed by atoms with E-state index in [0.29, 0.717) is 48.6 Å². The van der Waals surface area contributed by atoms with E-state index in [9.17, 15) is 45.3 Å². The summed E-state index contributed by atoms with van der Waals surface area (Å²) in [7, 11) is 0. The Morgan fingerprint density at radius 2 is 0.969 bits per heavy atom. The van der Waals surface area contributed by atoms with Crippen LogP contribution in [0.2, 0.25) is 0 Å². The maximum atomic E-state index is 13.6. The minimum absolute atomic E-state index is 0.234. The minimum atomic E-state index is -4.65. The molecule has 2 aromatic heterocycles. The van der Waals surface area contributed by atoms with Crippen molar-refractivity contribution in [2.45, 2.75) is 112 Å². The molecule has 8 nitrogen and oxygen atoms in total. The summed E-state index contributed by atoms with van der Waals surface area (Å²) < 4.78 is 124. The predicted octanol–water partition coefficient (Wildman–Crippen LogP) is 11.4. The normalized spacial score (nSPS) is 28.0. The molecule has 2 aliphatic carbocycles. The molecular formula is C48H48F8N4O4. The van der Waals surface area contributed by atoms with Gasteiger partial charge < -0.3 is 19.7 Å². The summed E-state index contributed by atoms with van der Waals surface area (Å²) in [6, 6.07) is 19.7. The molecular weight excluding hydrogens is 849 g/mol. The van der Waals surface area contributed by atoms with Gasteiger partial charge in [0.05, 0.1) is 48.0 Å². The van der Waals surface area contributed by atoms with Crippen LogP contribution in [0.5, 0.6) is 11.5 Å². The molecule has 6 atom stereocenters. The van der Waals surface area contributed by atoms with Crippen LogP contribution in [-0.2, 0) is 10.8 Å². The lowest BCUT2D eigenvalue weighted by molar-refractivity contribution is -0.279. The monoisotopic (exact) mass is 896 g/mol. The highest BCUT2D eigenvalue weighted by molar-refractivity contribution is 5.84. The van der Waals surface area contributed by atoms with E-state index in [1.165, 1.54) is 24.3 Å². The van der Waals surface area contributed by atoms with Crippen molar-refractivity contribution in [3.8, 4) is 22.9 Å². The third-order valence-corrected chi connectivity index (χ3v) is 15.0. The molecule has 2 N–H and O–H groups in total. The third-order valence-electron chi connectivity index (χ3n) is 15.0. The maximum absolute atomic E-state index is 13.6. The van der Waals surface area contributed by atoms with Crippen molar-refractivity contribution >= 4 is 21.8 Å². The number of aromatic nitrogens is 4. The standard InChI is InChI=1S/2C24H24F4N2O2/c2*1-2-22-8-9-23(31,24(26,27)28)13-16(22)7-10-32-21-12-20-15(11-19(21)22)14-29-30(20)18-5-3-17(25)4-6-18/h2*3-6,11-12,14,16,31H,2,7-10,13H2,1H3/t2*16-,22-,23-/m10/s1. The van der Waals surface area contributed by atoms with Crippen molar-refractivity contribution in [2.75, 3.05) is 13.2 Å². The van der Waals surface area contributed by atoms with Gasteiger partial charge in [-0.1, -0.05) is 13.8 Å². The van der Waals surface area contributed by atoms with Gasteiger partial charge in [0.1, 0.15) is 23.1 Å². The maximum Gasteiger partial charge on any atom is 0.417 e. The van der Waals surface area contributed by atoms with Crippen LogP contribution < -0.4 is 9.47 Å². The highest BCUT2D eigenvalue weighted by Crippen LogP contribution is 2.59. The first kappa shape index (κ1) is 44.0. The zero-order valence-corrected chi connectivity index (χ0v) is 35.2. The van der Waals surface area contributed by atoms with E-state index < -0.39 is 34.4 Å². The number of hydrogen-bond acceptors (Lipinski definition) is 6. The lowest BCUT2D eigenvalue weighted by Gasteiger charge is -2.49. The summed E-state index contributed by atoms with van der Waals surface area (Å²) >= 11 is 0. The largest absolute Gasteiger partial charge is 0.493 e. The number of rotatable bonds is 4. The molecule has 4 heterocycles. The van der Waals surface area contributed by atoms with Gasteiger partial charge in [-0.2, -0.15) is 36.5 Å². The Balaban J connectivity index is 0.000000162. The fourth-order valence-electron chi connectivity index (χ4n) is 11.3. The van der Waals surface area contributed by atoms with Crippen molar-refractivity contribution in [3.63, 3.8) is 0 Å². The number of alkyl halides is 6. The van der Waals surface area contributed by atoms with Crippen molar-refractivity contribution in [1.29, 1.82) is 0 Å². The van der Waals surface area contributed by atoms with Crippen LogP contribution in [0.15, 0.2) is 85.2 Å². The molecule has 64 heavy (non-hydrogen) atoms. The lowest BCUT2D eigenvalue weighted by Crippen LogP contribution is -2.54. The average molecular weight is 897 g/mol. The number of aliphatic hydroxyl groups is 2. The number of nitrogens with zero attached hydrogens (tertiary/aromatic N) is 4.